The first-order chi connectivity index (χ1) is 10.9. The predicted octanol–water partition coefficient (Wildman–Crippen LogP) is 4.18. The number of carbonyl (C=O) groups excluding carboxylic acids is 1. The summed E-state index contributed by atoms with van der Waals surface area (Å²) in [5.74, 6) is -1.61. The van der Waals surface area contributed by atoms with Gasteiger partial charge in [0.2, 0.25) is 0 Å². The fourth-order valence-corrected chi connectivity index (χ4v) is 2.69. The molecule has 0 heterocycles. The molecule has 2 N–H and O–H groups in total. The third kappa shape index (κ3) is 4.96. The molecule has 0 fully saturated rings. The van der Waals surface area contributed by atoms with E-state index in [0.717, 1.165) is 4.47 Å². The second kappa shape index (κ2) is 7.81. The second-order valence-electron chi connectivity index (χ2n) is 4.81. The maximum absolute atomic E-state index is 12.2. The molecular formula is C16H12BrCl2NO3. The molecule has 0 aliphatic carbocycles. The highest BCUT2D eigenvalue weighted by molar-refractivity contribution is 9.10. The van der Waals surface area contributed by atoms with Gasteiger partial charge in [0.25, 0.3) is 5.91 Å². The van der Waals surface area contributed by atoms with Gasteiger partial charge in [0.15, 0.2) is 0 Å². The van der Waals surface area contributed by atoms with Crippen LogP contribution in [0, 0.1) is 0 Å². The first-order valence-electron chi connectivity index (χ1n) is 6.60. The highest BCUT2D eigenvalue weighted by atomic mass is 79.9. The summed E-state index contributed by atoms with van der Waals surface area (Å²) < 4.78 is 0.730. The summed E-state index contributed by atoms with van der Waals surface area (Å²) in [4.78, 5) is 23.6. The SMILES string of the molecule is O=C(N[C@@H](Cc1cc(Cl)ccc1Br)C(=O)O)c1ccc(Cl)cc1. The Kier molecular flexibility index (Phi) is 6.04. The molecule has 23 heavy (non-hydrogen) atoms. The van der Waals surface area contributed by atoms with Crippen molar-refractivity contribution in [1.82, 2.24) is 5.32 Å². The van der Waals surface area contributed by atoms with Crippen molar-refractivity contribution in [3.63, 3.8) is 0 Å². The van der Waals surface area contributed by atoms with E-state index in [1.54, 1.807) is 30.3 Å². The van der Waals surface area contributed by atoms with Gasteiger partial charge in [0.05, 0.1) is 0 Å². The number of aliphatic carboxylic acids is 1. The fraction of sp³-hybridized carbons (Fsp3) is 0.125. The van der Waals surface area contributed by atoms with E-state index in [2.05, 4.69) is 21.2 Å². The van der Waals surface area contributed by atoms with Crippen molar-refractivity contribution in [1.29, 1.82) is 0 Å². The van der Waals surface area contributed by atoms with Crippen LogP contribution in [-0.4, -0.2) is 23.0 Å². The first-order valence-corrected chi connectivity index (χ1v) is 8.15. The van der Waals surface area contributed by atoms with Gasteiger partial charge >= 0.3 is 5.97 Å². The van der Waals surface area contributed by atoms with Gasteiger partial charge in [-0.3, -0.25) is 4.79 Å². The van der Waals surface area contributed by atoms with Gasteiger partial charge in [0, 0.05) is 26.5 Å². The van der Waals surface area contributed by atoms with Crippen molar-refractivity contribution < 1.29 is 14.7 Å². The Morgan fingerprint density at radius 1 is 1.09 bits per heavy atom. The second-order valence-corrected chi connectivity index (χ2v) is 6.54. The molecule has 2 aromatic carbocycles. The van der Waals surface area contributed by atoms with Crippen molar-refractivity contribution in [3.8, 4) is 0 Å². The Hall–Kier alpha value is -1.56. The molecule has 0 spiro atoms. The van der Waals surface area contributed by atoms with Crippen LogP contribution in [0.5, 0.6) is 0 Å². The van der Waals surface area contributed by atoms with Crippen LogP contribution in [0.3, 0.4) is 0 Å². The lowest BCUT2D eigenvalue weighted by molar-refractivity contribution is -0.139. The minimum Gasteiger partial charge on any atom is -0.480 e. The van der Waals surface area contributed by atoms with Gasteiger partial charge in [-0.25, -0.2) is 4.79 Å². The van der Waals surface area contributed by atoms with Crippen LogP contribution in [0.1, 0.15) is 15.9 Å². The third-order valence-electron chi connectivity index (χ3n) is 3.14. The summed E-state index contributed by atoms with van der Waals surface area (Å²) in [6.07, 6.45) is 0.107. The van der Waals surface area contributed by atoms with Crippen molar-refractivity contribution in [3.05, 3.63) is 68.1 Å². The van der Waals surface area contributed by atoms with E-state index in [1.165, 1.54) is 12.1 Å². The largest absolute Gasteiger partial charge is 0.480 e. The standard InChI is InChI=1S/C16H12BrCl2NO3/c17-13-6-5-12(19)7-10(13)8-14(16(22)23)20-15(21)9-1-3-11(18)4-2-9/h1-7,14H,8H2,(H,20,21)(H,22,23)/t14-/m0/s1. The molecule has 120 valence electrons. The lowest BCUT2D eigenvalue weighted by Crippen LogP contribution is -2.42. The number of halogens is 3. The van der Waals surface area contributed by atoms with Crippen LogP contribution in [0.25, 0.3) is 0 Å². The number of carbonyl (C=O) groups is 2. The summed E-state index contributed by atoms with van der Waals surface area (Å²) in [7, 11) is 0. The van der Waals surface area contributed by atoms with E-state index in [-0.39, 0.29) is 6.42 Å². The first kappa shape index (κ1) is 17.8. The molecular weight excluding hydrogens is 405 g/mol. The van der Waals surface area contributed by atoms with Crippen LogP contribution in [0.2, 0.25) is 10.0 Å². The topological polar surface area (TPSA) is 66.4 Å². The van der Waals surface area contributed by atoms with Crippen LogP contribution in [0.4, 0.5) is 0 Å². The molecule has 0 unspecified atom stereocenters. The highest BCUT2D eigenvalue weighted by Gasteiger charge is 2.22. The normalized spacial score (nSPS) is 11.8. The van der Waals surface area contributed by atoms with Gasteiger partial charge in [-0.05, 0) is 48.0 Å². The van der Waals surface area contributed by atoms with Crippen LogP contribution >= 0.6 is 39.1 Å². The van der Waals surface area contributed by atoms with Gasteiger partial charge < -0.3 is 10.4 Å². The number of nitrogens with one attached hydrogen (secondary N) is 1. The number of hydrogen-bond acceptors (Lipinski definition) is 2. The smallest absolute Gasteiger partial charge is 0.326 e. The molecule has 1 amide bonds. The monoisotopic (exact) mass is 415 g/mol. The maximum atomic E-state index is 12.2. The van der Waals surface area contributed by atoms with E-state index in [9.17, 15) is 14.7 Å². The zero-order valence-electron chi connectivity index (χ0n) is 11.7. The molecule has 0 aliphatic heterocycles. The lowest BCUT2D eigenvalue weighted by atomic mass is 10.1. The average Bonchev–Trinajstić information content (AvgIpc) is 2.50. The Bertz CT molecular complexity index is 735. The predicted molar refractivity (Wildman–Crippen MR) is 93.2 cm³/mol. The zero-order valence-corrected chi connectivity index (χ0v) is 14.8. The van der Waals surface area contributed by atoms with Crippen LogP contribution in [0.15, 0.2) is 46.9 Å². The average molecular weight is 417 g/mol. The zero-order chi connectivity index (χ0) is 17.0. The number of carboxylic acid groups (broad SMARTS) is 1. The number of amides is 1. The highest BCUT2D eigenvalue weighted by Crippen LogP contribution is 2.22. The molecule has 1 atom stereocenters. The molecule has 0 saturated heterocycles. The molecule has 0 aliphatic rings. The number of carboxylic acids is 1. The third-order valence-corrected chi connectivity index (χ3v) is 4.40. The molecule has 2 aromatic rings. The maximum Gasteiger partial charge on any atom is 0.326 e. The minimum atomic E-state index is -1.13. The van der Waals surface area contributed by atoms with Crippen LogP contribution < -0.4 is 5.32 Å². The lowest BCUT2D eigenvalue weighted by Gasteiger charge is -2.16. The van der Waals surface area contributed by atoms with Crippen molar-refractivity contribution >= 4 is 51.0 Å². The molecule has 0 radical (unpaired) electrons. The van der Waals surface area contributed by atoms with Crippen molar-refractivity contribution in [2.24, 2.45) is 0 Å². The Balaban J connectivity index is 2.15. The van der Waals surface area contributed by atoms with E-state index in [1.807, 2.05) is 0 Å². The minimum absolute atomic E-state index is 0.107. The fourth-order valence-electron chi connectivity index (χ4n) is 1.96. The van der Waals surface area contributed by atoms with E-state index in [0.29, 0.717) is 21.2 Å². The van der Waals surface area contributed by atoms with Gasteiger partial charge in [0.1, 0.15) is 6.04 Å². The number of hydrogen-bond donors (Lipinski definition) is 2. The van der Waals surface area contributed by atoms with Crippen molar-refractivity contribution in [2.45, 2.75) is 12.5 Å². The van der Waals surface area contributed by atoms with Gasteiger partial charge in [-0.1, -0.05) is 39.1 Å². The van der Waals surface area contributed by atoms with E-state index >= 15 is 0 Å². The summed E-state index contributed by atoms with van der Waals surface area (Å²) in [5, 5.41) is 12.8. The molecule has 0 aromatic heterocycles. The summed E-state index contributed by atoms with van der Waals surface area (Å²) >= 11 is 15.0. The molecule has 0 bridgehead atoms. The molecule has 0 saturated carbocycles. The number of benzene rings is 2. The van der Waals surface area contributed by atoms with Gasteiger partial charge in [-0.2, -0.15) is 0 Å². The number of rotatable bonds is 5. The molecule has 4 nitrogen and oxygen atoms in total. The van der Waals surface area contributed by atoms with Gasteiger partial charge in [-0.15, -0.1) is 0 Å². The summed E-state index contributed by atoms with van der Waals surface area (Å²) in [6.45, 7) is 0. The molecule has 7 heteroatoms. The van der Waals surface area contributed by atoms with Crippen LogP contribution in [-0.2, 0) is 11.2 Å². The van der Waals surface area contributed by atoms with E-state index < -0.39 is 17.9 Å². The van der Waals surface area contributed by atoms with Crippen molar-refractivity contribution in [2.75, 3.05) is 0 Å². The quantitative estimate of drug-likeness (QED) is 0.768. The molecule has 2 rings (SSSR count). The Morgan fingerprint density at radius 3 is 2.30 bits per heavy atom. The summed E-state index contributed by atoms with van der Waals surface area (Å²) in [5.41, 5.74) is 1.03. The Morgan fingerprint density at radius 2 is 1.70 bits per heavy atom. The van der Waals surface area contributed by atoms with E-state index in [4.69, 9.17) is 23.2 Å². The summed E-state index contributed by atoms with van der Waals surface area (Å²) in [6, 6.07) is 10.2. The Labute approximate surface area is 151 Å².